The van der Waals surface area contributed by atoms with E-state index in [0.717, 1.165) is 18.7 Å². The van der Waals surface area contributed by atoms with Crippen molar-refractivity contribution in [2.45, 2.75) is 19.4 Å². The molecule has 2 heterocycles. The first-order chi connectivity index (χ1) is 6.27. The third kappa shape index (κ3) is 1.81. The molecule has 3 heteroatoms. The quantitative estimate of drug-likeness (QED) is 0.681. The first-order valence-corrected chi connectivity index (χ1v) is 5.49. The van der Waals surface area contributed by atoms with Crippen molar-refractivity contribution in [3.8, 4) is 0 Å². The predicted octanol–water partition coefficient (Wildman–Crippen LogP) is 2.25. The number of thiazole rings is 1. The molecule has 70 valence electrons. The lowest BCUT2D eigenvalue weighted by Gasteiger charge is -2.28. The van der Waals surface area contributed by atoms with Crippen molar-refractivity contribution in [1.82, 2.24) is 9.88 Å². The highest BCUT2D eigenvalue weighted by molar-refractivity contribution is 7.07. The molecule has 1 atom stereocenters. The van der Waals surface area contributed by atoms with Crippen molar-refractivity contribution in [3.05, 3.63) is 22.7 Å². The summed E-state index contributed by atoms with van der Waals surface area (Å²) in [5.74, 6) is 0. The first-order valence-electron chi connectivity index (χ1n) is 4.55. The minimum Gasteiger partial charge on any atom is -0.299 e. The molecule has 2 nitrogen and oxygen atoms in total. The van der Waals surface area contributed by atoms with E-state index >= 15 is 0 Å². The Morgan fingerprint density at radius 1 is 1.62 bits per heavy atom. The molecule has 2 rings (SSSR count). The normalized spacial score (nSPS) is 24.5. The van der Waals surface area contributed by atoms with Crippen LogP contribution in [0.5, 0.6) is 0 Å². The minimum absolute atomic E-state index is 0.669. The fraction of sp³-hybridized carbons (Fsp3) is 0.500. The standard InChI is InChI=1S/C10H14N2S/c1-8-3-4-9(5-12(8)2)10-6-13-7-11-10/h4,6-8H,3,5H2,1-2H3/t8-/m0/s1. The van der Waals surface area contributed by atoms with Crippen molar-refractivity contribution in [3.63, 3.8) is 0 Å². The van der Waals surface area contributed by atoms with Crippen LogP contribution in [-0.4, -0.2) is 29.5 Å². The molecule has 0 N–H and O–H groups in total. The number of rotatable bonds is 1. The Labute approximate surface area is 82.9 Å². The van der Waals surface area contributed by atoms with Crippen LogP contribution >= 0.6 is 11.3 Å². The number of hydrogen-bond acceptors (Lipinski definition) is 3. The van der Waals surface area contributed by atoms with Gasteiger partial charge in [-0.25, -0.2) is 4.98 Å². The molecule has 1 aliphatic rings. The summed E-state index contributed by atoms with van der Waals surface area (Å²) in [6, 6.07) is 0.669. The van der Waals surface area contributed by atoms with Gasteiger partial charge in [-0.2, -0.15) is 0 Å². The smallest absolute Gasteiger partial charge is 0.0798 e. The number of nitrogens with zero attached hydrogens (tertiary/aromatic N) is 2. The number of hydrogen-bond donors (Lipinski definition) is 0. The highest BCUT2D eigenvalue weighted by Gasteiger charge is 2.16. The minimum atomic E-state index is 0.669. The zero-order chi connectivity index (χ0) is 9.26. The number of aromatic nitrogens is 1. The summed E-state index contributed by atoms with van der Waals surface area (Å²) in [6.45, 7) is 3.29. The second kappa shape index (κ2) is 3.60. The van der Waals surface area contributed by atoms with Crippen LogP contribution in [-0.2, 0) is 0 Å². The van der Waals surface area contributed by atoms with Gasteiger partial charge in [0.1, 0.15) is 0 Å². The van der Waals surface area contributed by atoms with Crippen LogP contribution in [0.2, 0.25) is 0 Å². The zero-order valence-electron chi connectivity index (χ0n) is 8.03. The third-order valence-electron chi connectivity index (χ3n) is 2.64. The summed E-state index contributed by atoms with van der Waals surface area (Å²) in [6.07, 6.45) is 3.46. The fourth-order valence-electron chi connectivity index (χ4n) is 1.54. The summed E-state index contributed by atoms with van der Waals surface area (Å²) < 4.78 is 0. The Kier molecular flexibility index (Phi) is 2.47. The maximum Gasteiger partial charge on any atom is 0.0798 e. The molecule has 0 spiro atoms. The van der Waals surface area contributed by atoms with E-state index in [1.165, 1.54) is 5.57 Å². The van der Waals surface area contributed by atoms with E-state index in [2.05, 4.69) is 35.3 Å². The molecule has 1 aromatic heterocycles. The lowest BCUT2D eigenvalue weighted by molar-refractivity contribution is 0.280. The summed E-state index contributed by atoms with van der Waals surface area (Å²) >= 11 is 1.66. The Morgan fingerprint density at radius 3 is 3.08 bits per heavy atom. The SMILES string of the molecule is C[C@H]1CC=C(c2cscn2)CN1C. The second-order valence-corrected chi connectivity index (χ2v) is 4.32. The molecule has 0 bridgehead atoms. The van der Waals surface area contributed by atoms with E-state index in [1.807, 2.05) is 5.51 Å². The Morgan fingerprint density at radius 2 is 2.46 bits per heavy atom. The molecule has 1 aliphatic heterocycles. The molecule has 0 saturated heterocycles. The monoisotopic (exact) mass is 194 g/mol. The highest BCUT2D eigenvalue weighted by Crippen LogP contribution is 2.22. The maximum atomic E-state index is 4.32. The van der Waals surface area contributed by atoms with Crippen LogP contribution in [0.3, 0.4) is 0 Å². The van der Waals surface area contributed by atoms with Gasteiger partial charge in [0, 0.05) is 18.0 Å². The average Bonchev–Trinajstić information content (AvgIpc) is 2.62. The van der Waals surface area contributed by atoms with Crippen molar-refractivity contribution in [2.24, 2.45) is 0 Å². The second-order valence-electron chi connectivity index (χ2n) is 3.60. The van der Waals surface area contributed by atoms with Crippen LogP contribution in [0, 0.1) is 0 Å². The Balaban J connectivity index is 2.18. The molecule has 1 aromatic rings. The van der Waals surface area contributed by atoms with Gasteiger partial charge in [-0.1, -0.05) is 6.08 Å². The van der Waals surface area contributed by atoms with Gasteiger partial charge >= 0.3 is 0 Å². The summed E-state index contributed by atoms with van der Waals surface area (Å²) in [4.78, 5) is 6.69. The van der Waals surface area contributed by atoms with Gasteiger partial charge < -0.3 is 0 Å². The third-order valence-corrected chi connectivity index (χ3v) is 3.23. The molecule has 0 fully saturated rings. The van der Waals surface area contributed by atoms with Crippen LogP contribution in [0.4, 0.5) is 0 Å². The van der Waals surface area contributed by atoms with Crippen LogP contribution in [0.25, 0.3) is 5.57 Å². The van der Waals surface area contributed by atoms with Crippen molar-refractivity contribution >= 4 is 16.9 Å². The van der Waals surface area contributed by atoms with Gasteiger partial charge in [0.05, 0.1) is 11.2 Å². The molecular formula is C10H14N2S. The van der Waals surface area contributed by atoms with Gasteiger partial charge in [0.15, 0.2) is 0 Å². The van der Waals surface area contributed by atoms with Crippen molar-refractivity contribution < 1.29 is 0 Å². The lowest BCUT2D eigenvalue weighted by Crippen LogP contribution is -2.33. The molecule has 0 aromatic carbocycles. The summed E-state index contributed by atoms with van der Waals surface area (Å²) in [7, 11) is 2.17. The molecular weight excluding hydrogens is 180 g/mol. The van der Waals surface area contributed by atoms with E-state index in [9.17, 15) is 0 Å². The van der Waals surface area contributed by atoms with Crippen molar-refractivity contribution in [2.75, 3.05) is 13.6 Å². The molecule has 0 saturated carbocycles. The molecule has 0 amide bonds. The molecule has 0 radical (unpaired) electrons. The lowest BCUT2D eigenvalue weighted by atomic mass is 10.0. The maximum absolute atomic E-state index is 4.32. The van der Waals surface area contributed by atoms with E-state index in [0.29, 0.717) is 6.04 Å². The Bertz CT molecular complexity index is 303. The van der Waals surface area contributed by atoms with Crippen LogP contribution in [0.1, 0.15) is 19.0 Å². The predicted molar refractivity (Wildman–Crippen MR) is 56.8 cm³/mol. The molecule has 0 unspecified atom stereocenters. The van der Waals surface area contributed by atoms with Crippen LogP contribution < -0.4 is 0 Å². The van der Waals surface area contributed by atoms with E-state index in [1.54, 1.807) is 11.3 Å². The fourth-order valence-corrected chi connectivity index (χ4v) is 2.11. The van der Waals surface area contributed by atoms with Gasteiger partial charge in [-0.05, 0) is 26.0 Å². The number of likely N-dealkylation sites (N-methyl/N-ethyl adjacent to an activating group) is 1. The summed E-state index contributed by atoms with van der Waals surface area (Å²) in [5.41, 5.74) is 4.43. The van der Waals surface area contributed by atoms with Gasteiger partial charge in [0.25, 0.3) is 0 Å². The highest BCUT2D eigenvalue weighted by atomic mass is 32.1. The Hall–Kier alpha value is -0.670. The van der Waals surface area contributed by atoms with Gasteiger partial charge in [-0.3, -0.25) is 4.90 Å². The van der Waals surface area contributed by atoms with E-state index in [-0.39, 0.29) is 0 Å². The first kappa shape index (κ1) is 8.91. The van der Waals surface area contributed by atoms with Crippen molar-refractivity contribution in [1.29, 1.82) is 0 Å². The molecule has 0 aliphatic carbocycles. The van der Waals surface area contributed by atoms with Crippen LogP contribution in [0.15, 0.2) is 17.0 Å². The van der Waals surface area contributed by atoms with E-state index in [4.69, 9.17) is 0 Å². The largest absolute Gasteiger partial charge is 0.299 e. The van der Waals surface area contributed by atoms with Gasteiger partial charge in [-0.15, -0.1) is 11.3 Å². The summed E-state index contributed by atoms with van der Waals surface area (Å²) in [5, 5.41) is 2.12. The molecule has 13 heavy (non-hydrogen) atoms. The zero-order valence-corrected chi connectivity index (χ0v) is 8.84. The topological polar surface area (TPSA) is 16.1 Å². The van der Waals surface area contributed by atoms with Gasteiger partial charge in [0.2, 0.25) is 0 Å². The average molecular weight is 194 g/mol. The van der Waals surface area contributed by atoms with E-state index < -0.39 is 0 Å².